The molecular weight excluding hydrogens is 332 g/mol. The van der Waals surface area contributed by atoms with Crippen molar-refractivity contribution in [1.29, 1.82) is 0 Å². The minimum absolute atomic E-state index is 0.0315. The smallest absolute Gasteiger partial charge is 0.229 e. The van der Waals surface area contributed by atoms with Gasteiger partial charge in [-0.15, -0.1) is 10.2 Å². The SMILES string of the molecule is O=C(Nc1ncccn1)C1CCN(c2ccc(-n3cccn3)nn2)CC1. The van der Waals surface area contributed by atoms with Crippen molar-refractivity contribution in [3.8, 4) is 5.82 Å². The molecule has 1 amide bonds. The standard InChI is InChI=1S/C17H18N8O/c26-16(21-17-18-7-1-8-19-17)13-5-11-24(12-6-13)14-3-4-15(23-22-14)25-10-2-9-20-25/h1-4,7-10,13H,5-6,11-12H2,(H,18,19,21,26). The van der Waals surface area contributed by atoms with Crippen LogP contribution >= 0.6 is 0 Å². The van der Waals surface area contributed by atoms with E-state index in [-0.39, 0.29) is 11.8 Å². The van der Waals surface area contributed by atoms with E-state index in [0.717, 1.165) is 31.7 Å². The molecule has 0 saturated carbocycles. The van der Waals surface area contributed by atoms with Crippen LogP contribution in [0.4, 0.5) is 11.8 Å². The normalized spacial score (nSPS) is 15.0. The van der Waals surface area contributed by atoms with Crippen LogP contribution in [0, 0.1) is 5.92 Å². The summed E-state index contributed by atoms with van der Waals surface area (Å²) in [4.78, 5) is 22.5. The Labute approximate surface area is 150 Å². The fourth-order valence-corrected chi connectivity index (χ4v) is 2.96. The largest absolute Gasteiger partial charge is 0.355 e. The van der Waals surface area contributed by atoms with Gasteiger partial charge in [-0.1, -0.05) is 0 Å². The van der Waals surface area contributed by atoms with Crippen molar-refractivity contribution in [3.05, 3.63) is 49.1 Å². The summed E-state index contributed by atoms with van der Waals surface area (Å²) < 4.78 is 1.67. The van der Waals surface area contributed by atoms with E-state index in [1.165, 1.54) is 0 Å². The lowest BCUT2D eigenvalue weighted by molar-refractivity contribution is -0.120. The summed E-state index contributed by atoms with van der Waals surface area (Å²) in [5, 5.41) is 15.4. The monoisotopic (exact) mass is 350 g/mol. The van der Waals surface area contributed by atoms with Crippen LogP contribution in [0.5, 0.6) is 0 Å². The highest BCUT2D eigenvalue weighted by Gasteiger charge is 2.26. The molecule has 0 aromatic carbocycles. The summed E-state index contributed by atoms with van der Waals surface area (Å²) in [6, 6.07) is 7.38. The van der Waals surface area contributed by atoms with Crippen molar-refractivity contribution in [2.75, 3.05) is 23.3 Å². The van der Waals surface area contributed by atoms with Gasteiger partial charge in [-0.25, -0.2) is 14.6 Å². The number of carbonyl (C=O) groups is 1. The fourth-order valence-electron chi connectivity index (χ4n) is 2.96. The molecule has 4 heterocycles. The third-order valence-electron chi connectivity index (χ3n) is 4.37. The number of piperidine rings is 1. The van der Waals surface area contributed by atoms with E-state index < -0.39 is 0 Å². The van der Waals surface area contributed by atoms with E-state index in [1.54, 1.807) is 29.3 Å². The highest BCUT2D eigenvalue weighted by Crippen LogP contribution is 2.22. The summed E-state index contributed by atoms with van der Waals surface area (Å²) in [6.07, 6.45) is 8.24. The predicted octanol–water partition coefficient (Wildman–Crippen LogP) is 1.31. The van der Waals surface area contributed by atoms with Gasteiger partial charge in [-0.2, -0.15) is 5.10 Å². The first kappa shape index (κ1) is 16.1. The number of carbonyl (C=O) groups excluding carboxylic acids is 1. The Hall–Kier alpha value is -3.36. The van der Waals surface area contributed by atoms with Gasteiger partial charge in [-0.3, -0.25) is 10.1 Å². The summed E-state index contributed by atoms with van der Waals surface area (Å²) >= 11 is 0. The maximum atomic E-state index is 12.3. The molecule has 0 unspecified atom stereocenters. The highest BCUT2D eigenvalue weighted by molar-refractivity contribution is 5.91. The lowest BCUT2D eigenvalue weighted by Crippen LogP contribution is -2.38. The van der Waals surface area contributed by atoms with Crippen LogP contribution in [0.25, 0.3) is 5.82 Å². The van der Waals surface area contributed by atoms with Crippen molar-refractivity contribution in [3.63, 3.8) is 0 Å². The van der Waals surface area contributed by atoms with Crippen molar-refractivity contribution in [1.82, 2.24) is 29.9 Å². The second-order valence-electron chi connectivity index (χ2n) is 6.02. The van der Waals surface area contributed by atoms with Crippen LogP contribution in [0.2, 0.25) is 0 Å². The van der Waals surface area contributed by atoms with Gasteiger partial charge in [0.15, 0.2) is 11.6 Å². The Morgan fingerprint density at radius 1 is 1.00 bits per heavy atom. The van der Waals surface area contributed by atoms with Crippen molar-refractivity contribution in [2.24, 2.45) is 5.92 Å². The molecule has 0 aliphatic carbocycles. The Kier molecular flexibility index (Phi) is 4.50. The first-order chi connectivity index (χ1) is 12.8. The molecule has 26 heavy (non-hydrogen) atoms. The van der Waals surface area contributed by atoms with Crippen LogP contribution in [0.15, 0.2) is 49.1 Å². The van der Waals surface area contributed by atoms with Gasteiger partial charge in [0.1, 0.15) is 0 Å². The minimum atomic E-state index is -0.0497. The number of nitrogens with one attached hydrogen (secondary N) is 1. The number of anilines is 2. The Morgan fingerprint density at radius 2 is 1.73 bits per heavy atom. The number of amides is 1. The van der Waals surface area contributed by atoms with Crippen molar-refractivity contribution < 1.29 is 4.79 Å². The van der Waals surface area contributed by atoms with Gasteiger partial charge in [0, 0.05) is 43.8 Å². The van der Waals surface area contributed by atoms with Crippen LogP contribution < -0.4 is 10.2 Å². The van der Waals surface area contributed by atoms with E-state index in [0.29, 0.717) is 11.8 Å². The molecule has 1 aliphatic heterocycles. The zero-order valence-corrected chi connectivity index (χ0v) is 14.1. The summed E-state index contributed by atoms with van der Waals surface area (Å²) in [7, 11) is 0. The molecule has 9 nitrogen and oxygen atoms in total. The van der Waals surface area contributed by atoms with Crippen molar-refractivity contribution in [2.45, 2.75) is 12.8 Å². The van der Waals surface area contributed by atoms with Gasteiger partial charge in [0.2, 0.25) is 11.9 Å². The zero-order chi connectivity index (χ0) is 17.8. The number of nitrogens with zero attached hydrogens (tertiary/aromatic N) is 7. The van der Waals surface area contributed by atoms with E-state index in [9.17, 15) is 4.79 Å². The summed E-state index contributed by atoms with van der Waals surface area (Å²) in [6.45, 7) is 1.51. The molecular formula is C17H18N8O. The summed E-state index contributed by atoms with van der Waals surface area (Å²) in [5.74, 6) is 1.75. The molecule has 3 aromatic heterocycles. The second-order valence-corrected chi connectivity index (χ2v) is 6.02. The van der Waals surface area contributed by atoms with Gasteiger partial charge in [-0.05, 0) is 37.1 Å². The highest BCUT2D eigenvalue weighted by atomic mass is 16.2. The van der Waals surface area contributed by atoms with Crippen LogP contribution in [-0.4, -0.2) is 48.9 Å². The molecule has 4 rings (SSSR count). The van der Waals surface area contributed by atoms with Crippen LogP contribution in [0.3, 0.4) is 0 Å². The second kappa shape index (κ2) is 7.26. The Morgan fingerprint density at radius 3 is 2.38 bits per heavy atom. The lowest BCUT2D eigenvalue weighted by atomic mass is 9.96. The third kappa shape index (κ3) is 3.51. The molecule has 1 fully saturated rings. The van der Waals surface area contributed by atoms with Gasteiger partial charge in [0.25, 0.3) is 0 Å². The first-order valence-corrected chi connectivity index (χ1v) is 8.46. The number of hydrogen-bond donors (Lipinski definition) is 1. The number of aromatic nitrogens is 6. The topological polar surface area (TPSA) is 102 Å². The minimum Gasteiger partial charge on any atom is -0.355 e. The summed E-state index contributed by atoms with van der Waals surface area (Å²) in [5.41, 5.74) is 0. The van der Waals surface area contributed by atoms with Gasteiger partial charge >= 0.3 is 0 Å². The maximum Gasteiger partial charge on any atom is 0.229 e. The van der Waals surface area contributed by atoms with Crippen LogP contribution in [-0.2, 0) is 4.79 Å². The van der Waals surface area contributed by atoms with E-state index in [4.69, 9.17) is 0 Å². The molecule has 1 aliphatic rings. The lowest BCUT2D eigenvalue weighted by Gasteiger charge is -2.31. The molecule has 1 saturated heterocycles. The molecule has 0 spiro atoms. The molecule has 1 N–H and O–H groups in total. The predicted molar refractivity (Wildman–Crippen MR) is 94.8 cm³/mol. The molecule has 0 atom stereocenters. The Balaban J connectivity index is 1.34. The zero-order valence-electron chi connectivity index (χ0n) is 14.1. The molecule has 3 aromatic rings. The molecule has 9 heteroatoms. The van der Waals surface area contributed by atoms with E-state index in [2.05, 4.69) is 35.5 Å². The van der Waals surface area contributed by atoms with Gasteiger partial charge < -0.3 is 4.90 Å². The Bertz CT molecular complexity index is 842. The fraction of sp³-hybridized carbons (Fsp3) is 0.294. The molecule has 132 valence electrons. The average Bonchev–Trinajstić information content (AvgIpc) is 3.24. The molecule has 0 radical (unpaired) electrons. The quantitative estimate of drug-likeness (QED) is 0.757. The van der Waals surface area contributed by atoms with E-state index in [1.807, 2.05) is 24.4 Å². The maximum absolute atomic E-state index is 12.3. The van der Waals surface area contributed by atoms with Crippen molar-refractivity contribution >= 4 is 17.7 Å². The van der Waals surface area contributed by atoms with E-state index >= 15 is 0 Å². The van der Waals surface area contributed by atoms with Gasteiger partial charge in [0.05, 0.1) is 0 Å². The van der Waals surface area contributed by atoms with Crippen LogP contribution in [0.1, 0.15) is 12.8 Å². The number of rotatable bonds is 4. The first-order valence-electron chi connectivity index (χ1n) is 8.46. The third-order valence-corrected chi connectivity index (χ3v) is 4.37. The molecule has 0 bridgehead atoms. The number of hydrogen-bond acceptors (Lipinski definition) is 7. The average molecular weight is 350 g/mol.